The van der Waals surface area contributed by atoms with Gasteiger partial charge in [0.2, 0.25) is 0 Å². The molecule has 0 amide bonds. The molecule has 124 valence electrons. The number of nitrogens with one attached hydrogen (secondary N) is 2. The molecule has 1 aliphatic rings. The number of guanidine groups is 1. The summed E-state index contributed by atoms with van der Waals surface area (Å²) in [5.41, 5.74) is 1.28. The monoisotopic (exact) mass is 426 g/mol. The first-order valence-corrected chi connectivity index (χ1v) is 7.65. The van der Waals surface area contributed by atoms with Crippen LogP contribution in [0.2, 0.25) is 0 Å². The summed E-state index contributed by atoms with van der Waals surface area (Å²) < 4.78 is 5.32. The summed E-state index contributed by atoms with van der Waals surface area (Å²) in [7, 11) is 1.79. The smallest absolute Gasteiger partial charge is 0.191 e. The Bertz CT molecular complexity index is 600. The van der Waals surface area contributed by atoms with E-state index in [1.807, 2.05) is 12.1 Å². The largest absolute Gasteiger partial charge is 0.467 e. The quantitative estimate of drug-likeness (QED) is 0.449. The van der Waals surface area contributed by atoms with E-state index in [0.717, 1.165) is 31.2 Å². The Labute approximate surface area is 154 Å². The Morgan fingerprint density at radius 2 is 2.09 bits per heavy atom. The number of hydrogen-bond donors (Lipinski definition) is 2. The molecule has 3 rings (SSSR count). The Hall–Kier alpha value is -1.70. The van der Waals surface area contributed by atoms with Crippen LogP contribution in [0.1, 0.15) is 12.2 Å². The van der Waals surface area contributed by atoms with Crippen LogP contribution in [0.5, 0.6) is 0 Å². The van der Waals surface area contributed by atoms with Crippen molar-refractivity contribution in [1.29, 1.82) is 0 Å². The molecule has 6 heteroatoms. The van der Waals surface area contributed by atoms with E-state index in [2.05, 4.69) is 50.9 Å². The molecular weight excluding hydrogens is 403 g/mol. The molecule has 0 saturated carbocycles. The molecule has 2 aromatic rings. The van der Waals surface area contributed by atoms with Gasteiger partial charge < -0.3 is 20.0 Å². The molecule has 2 N–H and O–H groups in total. The lowest BCUT2D eigenvalue weighted by atomic mass is 10.3. The Kier molecular flexibility index (Phi) is 6.76. The second-order valence-electron chi connectivity index (χ2n) is 5.42. The van der Waals surface area contributed by atoms with Gasteiger partial charge in [0.25, 0.3) is 0 Å². The second-order valence-corrected chi connectivity index (χ2v) is 5.42. The minimum absolute atomic E-state index is 0. The van der Waals surface area contributed by atoms with E-state index >= 15 is 0 Å². The third kappa shape index (κ3) is 4.89. The maximum Gasteiger partial charge on any atom is 0.191 e. The zero-order valence-corrected chi connectivity index (χ0v) is 15.6. The van der Waals surface area contributed by atoms with Gasteiger partial charge in [-0.25, -0.2) is 0 Å². The van der Waals surface area contributed by atoms with Crippen LogP contribution in [0.3, 0.4) is 0 Å². The Balaban J connectivity index is 0.00000192. The van der Waals surface area contributed by atoms with Crippen LogP contribution < -0.4 is 15.5 Å². The third-order valence-electron chi connectivity index (χ3n) is 3.88. The lowest BCUT2D eigenvalue weighted by molar-refractivity contribution is 0.500. The SMILES string of the molecule is CN=C(NCc1ccco1)NC1CCN(c2ccccc2)C1.I. The maximum absolute atomic E-state index is 5.32. The molecule has 1 unspecified atom stereocenters. The van der Waals surface area contributed by atoms with E-state index in [1.165, 1.54) is 5.69 Å². The summed E-state index contributed by atoms with van der Waals surface area (Å²) in [6.07, 6.45) is 2.79. The van der Waals surface area contributed by atoms with E-state index in [9.17, 15) is 0 Å². The van der Waals surface area contributed by atoms with E-state index in [4.69, 9.17) is 4.42 Å². The van der Waals surface area contributed by atoms with E-state index < -0.39 is 0 Å². The van der Waals surface area contributed by atoms with Crippen molar-refractivity contribution >= 4 is 35.6 Å². The summed E-state index contributed by atoms with van der Waals surface area (Å²) in [6.45, 7) is 2.70. The molecule has 5 nitrogen and oxygen atoms in total. The minimum atomic E-state index is 0. The van der Waals surface area contributed by atoms with Crippen LogP contribution in [-0.2, 0) is 6.54 Å². The van der Waals surface area contributed by atoms with Crippen LogP contribution in [0.4, 0.5) is 5.69 Å². The molecule has 1 fully saturated rings. The van der Waals surface area contributed by atoms with Gasteiger partial charge in [-0.2, -0.15) is 0 Å². The standard InChI is InChI=1S/C17H22N4O.HI/c1-18-17(19-12-16-8-5-11-22-16)20-14-9-10-21(13-14)15-6-3-2-4-7-15;/h2-8,11,14H,9-10,12-13H2,1H3,(H2,18,19,20);1H. The fourth-order valence-corrected chi connectivity index (χ4v) is 2.72. The molecular formula is C17H23IN4O. The number of aliphatic imine (C=N–C) groups is 1. The van der Waals surface area contributed by atoms with Gasteiger partial charge in [-0.15, -0.1) is 24.0 Å². The second kappa shape index (κ2) is 8.81. The first-order chi connectivity index (χ1) is 10.8. The van der Waals surface area contributed by atoms with Crippen LogP contribution in [0.15, 0.2) is 58.1 Å². The molecule has 0 bridgehead atoms. The van der Waals surface area contributed by atoms with Crippen molar-refractivity contribution in [2.24, 2.45) is 4.99 Å². The van der Waals surface area contributed by atoms with Gasteiger partial charge in [-0.05, 0) is 30.7 Å². The molecule has 1 saturated heterocycles. The molecule has 2 heterocycles. The van der Waals surface area contributed by atoms with Crippen molar-refractivity contribution in [1.82, 2.24) is 10.6 Å². The average molecular weight is 426 g/mol. The van der Waals surface area contributed by atoms with Gasteiger partial charge in [0.15, 0.2) is 5.96 Å². The van der Waals surface area contributed by atoms with Crippen molar-refractivity contribution in [2.45, 2.75) is 19.0 Å². The minimum Gasteiger partial charge on any atom is -0.467 e. The Morgan fingerprint density at radius 3 is 2.78 bits per heavy atom. The number of halogens is 1. The highest BCUT2D eigenvalue weighted by Gasteiger charge is 2.23. The lowest BCUT2D eigenvalue weighted by Crippen LogP contribution is -2.44. The van der Waals surface area contributed by atoms with Crippen molar-refractivity contribution in [3.05, 3.63) is 54.5 Å². The number of furan rings is 1. The van der Waals surface area contributed by atoms with E-state index in [1.54, 1.807) is 13.3 Å². The molecule has 1 atom stereocenters. The summed E-state index contributed by atoms with van der Waals surface area (Å²) in [6, 6.07) is 14.8. The Morgan fingerprint density at radius 1 is 1.26 bits per heavy atom. The molecule has 1 aliphatic heterocycles. The van der Waals surface area contributed by atoms with Crippen LogP contribution in [0, 0.1) is 0 Å². The van der Waals surface area contributed by atoms with Gasteiger partial charge in [-0.1, -0.05) is 18.2 Å². The predicted octanol–water partition coefficient (Wildman–Crippen LogP) is 2.84. The number of rotatable bonds is 4. The lowest BCUT2D eigenvalue weighted by Gasteiger charge is -2.20. The summed E-state index contributed by atoms with van der Waals surface area (Å²) in [5, 5.41) is 6.76. The molecule has 0 aliphatic carbocycles. The average Bonchev–Trinajstić information content (AvgIpc) is 3.24. The van der Waals surface area contributed by atoms with Gasteiger partial charge in [0.05, 0.1) is 12.8 Å². The zero-order chi connectivity index (χ0) is 15.2. The van der Waals surface area contributed by atoms with Crippen molar-refractivity contribution in [3.63, 3.8) is 0 Å². The highest BCUT2D eigenvalue weighted by molar-refractivity contribution is 14.0. The predicted molar refractivity (Wildman–Crippen MR) is 105 cm³/mol. The highest BCUT2D eigenvalue weighted by Crippen LogP contribution is 2.19. The van der Waals surface area contributed by atoms with E-state index in [0.29, 0.717) is 12.6 Å². The highest BCUT2D eigenvalue weighted by atomic mass is 127. The fourth-order valence-electron chi connectivity index (χ4n) is 2.72. The van der Waals surface area contributed by atoms with Crippen LogP contribution in [-0.4, -0.2) is 32.1 Å². The normalized spacial score (nSPS) is 17.7. The number of nitrogens with zero attached hydrogens (tertiary/aromatic N) is 2. The summed E-state index contributed by atoms with van der Waals surface area (Å²) in [4.78, 5) is 6.68. The number of anilines is 1. The third-order valence-corrected chi connectivity index (χ3v) is 3.88. The van der Waals surface area contributed by atoms with Crippen LogP contribution >= 0.6 is 24.0 Å². The molecule has 1 aromatic heterocycles. The first kappa shape index (κ1) is 17.7. The van der Waals surface area contributed by atoms with Crippen molar-refractivity contribution in [3.8, 4) is 0 Å². The number of benzene rings is 1. The number of hydrogen-bond acceptors (Lipinski definition) is 3. The fraction of sp³-hybridized carbons (Fsp3) is 0.353. The molecule has 1 aromatic carbocycles. The van der Waals surface area contributed by atoms with Crippen LogP contribution in [0.25, 0.3) is 0 Å². The van der Waals surface area contributed by atoms with Gasteiger partial charge in [0.1, 0.15) is 5.76 Å². The summed E-state index contributed by atoms with van der Waals surface area (Å²) >= 11 is 0. The first-order valence-electron chi connectivity index (χ1n) is 7.65. The van der Waals surface area contributed by atoms with E-state index in [-0.39, 0.29) is 24.0 Å². The number of para-hydroxylation sites is 1. The molecule has 0 radical (unpaired) electrons. The van der Waals surface area contributed by atoms with Gasteiger partial charge >= 0.3 is 0 Å². The zero-order valence-electron chi connectivity index (χ0n) is 13.2. The summed E-state index contributed by atoms with van der Waals surface area (Å²) in [5.74, 6) is 1.72. The van der Waals surface area contributed by atoms with Crippen molar-refractivity contribution < 1.29 is 4.42 Å². The van der Waals surface area contributed by atoms with Gasteiger partial charge in [0, 0.05) is 31.9 Å². The topological polar surface area (TPSA) is 52.8 Å². The molecule has 23 heavy (non-hydrogen) atoms. The molecule has 0 spiro atoms. The van der Waals surface area contributed by atoms with Gasteiger partial charge in [-0.3, -0.25) is 4.99 Å². The maximum atomic E-state index is 5.32. The van der Waals surface area contributed by atoms with Crippen molar-refractivity contribution in [2.75, 3.05) is 25.0 Å².